The fourth-order valence-corrected chi connectivity index (χ4v) is 2.54. The van der Waals surface area contributed by atoms with Crippen LogP contribution in [0.2, 0.25) is 0 Å². The van der Waals surface area contributed by atoms with Crippen molar-refractivity contribution in [2.24, 2.45) is 0 Å². The molecule has 0 saturated heterocycles. The van der Waals surface area contributed by atoms with E-state index in [0.717, 1.165) is 16.6 Å². The molecule has 0 fully saturated rings. The summed E-state index contributed by atoms with van der Waals surface area (Å²) in [5.74, 6) is 0.928. The van der Waals surface area contributed by atoms with Crippen LogP contribution >= 0.6 is 15.9 Å². The van der Waals surface area contributed by atoms with Crippen LogP contribution in [0.1, 0.15) is 22.8 Å². The number of carbonyl (C=O) groups is 1. The molecule has 1 amide bonds. The van der Waals surface area contributed by atoms with E-state index in [1.165, 1.54) is 5.56 Å². The summed E-state index contributed by atoms with van der Waals surface area (Å²) in [7, 11) is 3.10. The van der Waals surface area contributed by atoms with Gasteiger partial charge in [0, 0.05) is 16.1 Å². The predicted octanol–water partition coefficient (Wildman–Crippen LogP) is 4.28. The Morgan fingerprint density at radius 2 is 1.73 bits per heavy atom. The van der Waals surface area contributed by atoms with E-state index in [2.05, 4.69) is 28.2 Å². The third-order valence-electron chi connectivity index (χ3n) is 3.30. The van der Waals surface area contributed by atoms with Crippen LogP contribution in [0.3, 0.4) is 0 Å². The Kier molecular flexibility index (Phi) is 5.44. The van der Waals surface area contributed by atoms with E-state index < -0.39 is 0 Å². The molecule has 0 heterocycles. The van der Waals surface area contributed by atoms with Gasteiger partial charge in [-0.15, -0.1) is 0 Å². The summed E-state index contributed by atoms with van der Waals surface area (Å²) in [6.07, 6.45) is 0.944. The van der Waals surface area contributed by atoms with Gasteiger partial charge >= 0.3 is 0 Å². The lowest BCUT2D eigenvalue weighted by Crippen LogP contribution is -2.12. The van der Waals surface area contributed by atoms with Gasteiger partial charge in [0.25, 0.3) is 5.91 Å². The third-order valence-corrected chi connectivity index (χ3v) is 3.96. The highest BCUT2D eigenvalue weighted by Crippen LogP contribution is 2.26. The Morgan fingerprint density at radius 3 is 2.23 bits per heavy atom. The largest absolute Gasteiger partial charge is 0.497 e. The van der Waals surface area contributed by atoms with Gasteiger partial charge in [0.2, 0.25) is 0 Å². The summed E-state index contributed by atoms with van der Waals surface area (Å²) in [6.45, 7) is 2.09. The summed E-state index contributed by atoms with van der Waals surface area (Å²) < 4.78 is 11.2. The molecule has 0 unspecified atom stereocenters. The molecule has 0 radical (unpaired) electrons. The van der Waals surface area contributed by atoms with Crippen molar-refractivity contribution in [2.45, 2.75) is 13.3 Å². The highest BCUT2D eigenvalue weighted by atomic mass is 79.9. The molecule has 0 atom stereocenters. The number of amides is 1. The number of carbonyl (C=O) groups excluding carboxylic acids is 1. The van der Waals surface area contributed by atoms with Crippen LogP contribution in [-0.2, 0) is 6.42 Å². The van der Waals surface area contributed by atoms with Crippen molar-refractivity contribution in [2.75, 3.05) is 19.5 Å². The highest BCUT2D eigenvalue weighted by molar-refractivity contribution is 9.10. The van der Waals surface area contributed by atoms with E-state index in [4.69, 9.17) is 9.47 Å². The monoisotopic (exact) mass is 363 g/mol. The molecular formula is C17H18BrNO3. The summed E-state index contributed by atoms with van der Waals surface area (Å²) >= 11 is 3.48. The number of aryl methyl sites for hydroxylation is 1. The quantitative estimate of drug-likeness (QED) is 0.862. The van der Waals surface area contributed by atoms with Gasteiger partial charge in [0.1, 0.15) is 11.5 Å². The van der Waals surface area contributed by atoms with Crippen LogP contribution in [0.25, 0.3) is 0 Å². The van der Waals surface area contributed by atoms with Crippen LogP contribution in [-0.4, -0.2) is 20.1 Å². The number of halogens is 1. The molecule has 2 aromatic carbocycles. The van der Waals surface area contributed by atoms with Crippen LogP contribution in [0.4, 0.5) is 5.69 Å². The van der Waals surface area contributed by atoms with E-state index in [0.29, 0.717) is 17.1 Å². The maximum Gasteiger partial charge on any atom is 0.255 e. The van der Waals surface area contributed by atoms with E-state index in [-0.39, 0.29) is 5.91 Å². The van der Waals surface area contributed by atoms with Gasteiger partial charge in [-0.1, -0.05) is 13.0 Å². The van der Waals surface area contributed by atoms with E-state index in [9.17, 15) is 4.79 Å². The Hall–Kier alpha value is -2.01. The van der Waals surface area contributed by atoms with Crippen molar-refractivity contribution in [3.05, 3.63) is 52.0 Å². The van der Waals surface area contributed by atoms with Gasteiger partial charge in [0.05, 0.1) is 19.9 Å². The summed E-state index contributed by atoms with van der Waals surface area (Å²) in [5, 5.41) is 2.88. The molecule has 116 valence electrons. The molecule has 0 aromatic heterocycles. The minimum absolute atomic E-state index is 0.220. The number of benzene rings is 2. The molecule has 2 rings (SSSR count). The number of hydrogen-bond donors (Lipinski definition) is 1. The minimum atomic E-state index is -0.220. The summed E-state index contributed by atoms with van der Waals surface area (Å²) in [5.41, 5.74) is 2.40. The summed E-state index contributed by atoms with van der Waals surface area (Å²) in [6, 6.07) is 11.0. The van der Waals surface area contributed by atoms with Crippen molar-refractivity contribution in [1.29, 1.82) is 0 Å². The maximum atomic E-state index is 12.4. The fourth-order valence-electron chi connectivity index (χ4n) is 2.01. The van der Waals surface area contributed by atoms with Gasteiger partial charge in [-0.3, -0.25) is 4.79 Å². The minimum Gasteiger partial charge on any atom is -0.497 e. The summed E-state index contributed by atoms with van der Waals surface area (Å²) in [4.78, 5) is 12.4. The second-order valence-corrected chi connectivity index (χ2v) is 5.58. The number of hydrogen-bond acceptors (Lipinski definition) is 3. The second-order valence-electron chi connectivity index (χ2n) is 4.72. The highest BCUT2D eigenvalue weighted by Gasteiger charge is 2.12. The Balaban J connectivity index is 2.25. The fraction of sp³-hybridized carbons (Fsp3) is 0.235. The standard InChI is InChI=1S/C17H18BrNO3/c1-4-11-5-6-16(15(18)7-11)19-17(20)12-8-13(21-2)10-14(9-12)22-3/h5-10H,4H2,1-3H3,(H,19,20). The first-order chi connectivity index (χ1) is 10.6. The normalized spacial score (nSPS) is 10.2. The molecule has 0 aliphatic carbocycles. The third kappa shape index (κ3) is 3.80. The van der Waals surface area contributed by atoms with E-state index in [1.807, 2.05) is 18.2 Å². The SMILES string of the molecule is CCc1ccc(NC(=O)c2cc(OC)cc(OC)c2)c(Br)c1. The van der Waals surface area contributed by atoms with E-state index >= 15 is 0 Å². The number of anilines is 1. The molecule has 22 heavy (non-hydrogen) atoms. The predicted molar refractivity (Wildman–Crippen MR) is 91.0 cm³/mol. The lowest BCUT2D eigenvalue weighted by atomic mass is 10.1. The van der Waals surface area contributed by atoms with Gasteiger partial charge < -0.3 is 14.8 Å². The molecule has 2 aromatic rings. The Bertz CT molecular complexity index is 663. The smallest absolute Gasteiger partial charge is 0.255 e. The Morgan fingerprint density at radius 1 is 1.09 bits per heavy atom. The molecular weight excluding hydrogens is 346 g/mol. The molecule has 0 aliphatic heterocycles. The van der Waals surface area contributed by atoms with Crippen molar-refractivity contribution >= 4 is 27.5 Å². The first-order valence-corrected chi connectivity index (χ1v) is 7.69. The zero-order chi connectivity index (χ0) is 16.1. The van der Waals surface area contributed by atoms with Crippen LogP contribution < -0.4 is 14.8 Å². The number of ether oxygens (including phenoxy) is 2. The molecule has 0 aliphatic rings. The van der Waals surface area contributed by atoms with Crippen LogP contribution in [0, 0.1) is 0 Å². The van der Waals surface area contributed by atoms with Crippen molar-refractivity contribution in [3.8, 4) is 11.5 Å². The van der Waals surface area contributed by atoms with Crippen LogP contribution in [0.5, 0.6) is 11.5 Å². The molecule has 1 N–H and O–H groups in total. The molecule has 0 spiro atoms. The number of rotatable bonds is 5. The second kappa shape index (κ2) is 7.31. The maximum absolute atomic E-state index is 12.4. The lowest BCUT2D eigenvalue weighted by molar-refractivity contribution is 0.102. The molecule has 0 saturated carbocycles. The first kappa shape index (κ1) is 16.4. The molecule has 4 nitrogen and oxygen atoms in total. The molecule has 0 bridgehead atoms. The topological polar surface area (TPSA) is 47.6 Å². The molecule has 5 heteroatoms. The number of methoxy groups -OCH3 is 2. The zero-order valence-electron chi connectivity index (χ0n) is 12.8. The first-order valence-electron chi connectivity index (χ1n) is 6.90. The average Bonchev–Trinajstić information content (AvgIpc) is 2.55. The van der Waals surface area contributed by atoms with Crippen molar-refractivity contribution in [1.82, 2.24) is 0 Å². The van der Waals surface area contributed by atoms with Crippen LogP contribution in [0.15, 0.2) is 40.9 Å². The average molecular weight is 364 g/mol. The van der Waals surface area contributed by atoms with E-state index in [1.54, 1.807) is 32.4 Å². The van der Waals surface area contributed by atoms with Crippen molar-refractivity contribution in [3.63, 3.8) is 0 Å². The van der Waals surface area contributed by atoms with Crippen molar-refractivity contribution < 1.29 is 14.3 Å². The zero-order valence-corrected chi connectivity index (χ0v) is 14.4. The lowest BCUT2D eigenvalue weighted by Gasteiger charge is -2.11. The van der Waals surface area contributed by atoms with Gasteiger partial charge in [-0.25, -0.2) is 0 Å². The van der Waals surface area contributed by atoms with Gasteiger partial charge in [-0.2, -0.15) is 0 Å². The van der Waals surface area contributed by atoms with Gasteiger partial charge in [-0.05, 0) is 52.2 Å². The Labute approximate surface area is 138 Å². The number of nitrogens with one attached hydrogen (secondary N) is 1. The van der Waals surface area contributed by atoms with Gasteiger partial charge in [0.15, 0.2) is 0 Å².